The smallest absolute Gasteiger partial charge is 0.491 e. The highest BCUT2D eigenvalue weighted by atomic mass is 19.4. The van der Waals surface area contributed by atoms with E-state index in [0.717, 1.165) is 6.07 Å². The van der Waals surface area contributed by atoms with E-state index in [2.05, 4.69) is 25.9 Å². The number of hydrogen-bond acceptors (Lipinski definition) is 6. The summed E-state index contributed by atoms with van der Waals surface area (Å²) >= 11 is 0. The number of benzene rings is 1. The van der Waals surface area contributed by atoms with E-state index < -0.39 is 28.8 Å². The van der Waals surface area contributed by atoms with Gasteiger partial charge in [-0.2, -0.15) is 18.0 Å². The Hall–Kier alpha value is -3.65. The zero-order valence-electron chi connectivity index (χ0n) is 23.2. The molecular formula is C28H34F3N4O4+. The summed E-state index contributed by atoms with van der Waals surface area (Å²) in [5, 5.41) is 0. The summed E-state index contributed by atoms with van der Waals surface area (Å²) < 4.78 is 58.5. The average molecular weight is 548 g/mol. The minimum Gasteiger partial charge on any atom is -0.491 e. The van der Waals surface area contributed by atoms with Crippen LogP contribution in [0.15, 0.2) is 30.5 Å². The van der Waals surface area contributed by atoms with Crippen LogP contribution in [0.4, 0.5) is 18.0 Å². The van der Waals surface area contributed by atoms with Crippen LogP contribution in [0, 0.1) is 17.4 Å². The predicted octanol–water partition coefficient (Wildman–Crippen LogP) is 7.49. The van der Waals surface area contributed by atoms with Crippen molar-refractivity contribution in [1.29, 1.82) is 0 Å². The molecule has 0 aliphatic carbocycles. The Morgan fingerprint density at radius 1 is 1.15 bits per heavy atom. The Morgan fingerprint density at radius 2 is 1.87 bits per heavy atom. The molecule has 0 bridgehead atoms. The highest BCUT2D eigenvalue weighted by molar-refractivity contribution is 5.90. The van der Waals surface area contributed by atoms with E-state index in [9.17, 15) is 18.0 Å². The second-order valence-corrected chi connectivity index (χ2v) is 11.0. The third kappa shape index (κ3) is 8.17. The largest absolute Gasteiger partial charge is 0.728 e. The molecule has 3 aromatic rings. The van der Waals surface area contributed by atoms with Gasteiger partial charge in [-0.25, -0.2) is 9.97 Å². The van der Waals surface area contributed by atoms with Crippen molar-refractivity contribution in [2.24, 2.45) is 11.3 Å². The number of imidazole rings is 1. The minimum atomic E-state index is -4.69. The summed E-state index contributed by atoms with van der Waals surface area (Å²) in [7, 11) is 1.52. The van der Waals surface area contributed by atoms with Gasteiger partial charge in [-0.15, -0.1) is 0 Å². The highest BCUT2D eigenvalue weighted by Crippen LogP contribution is 2.40. The lowest BCUT2D eigenvalue weighted by molar-refractivity contribution is -0.139. The maximum atomic E-state index is 14.2. The Kier molecular flexibility index (Phi) is 8.91. The van der Waals surface area contributed by atoms with Crippen LogP contribution in [0.3, 0.4) is 0 Å². The maximum Gasteiger partial charge on any atom is 0.728 e. The van der Waals surface area contributed by atoms with Gasteiger partial charge in [0.1, 0.15) is 35.8 Å². The summed E-state index contributed by atoms with van der Waals surface area (Å²) in [4.78, 5) is 27.5. The number of pyridine rings is 1. The van der Waals surface area contributed by atoms with E-state index >= 15 is 0 Å². The first-order chi connectivity index (χ1) is 18.1. The van der Waals surface area contributed by atoms with Gasteiger partial charge in [-0.05, 0) is 63.8 Å². The molecule has 8 nitrogen and oxygen atoms in total. The third-order valence-corrected chi connectivity index (χ3v) is 5.53. The highest BCUT2D eigenvalue weighted by Gasteiger charge is 2.37. The molecule has 0 unspecified atom stereocenters. The van der Waals surface area contributed by atoms with E-state index in [4.69, 9.17) is 14.2 Å². The van der Waals surface area contributed by atoms with Gasteiger partial charge in [0.25, 0.3) is 0 Å². The quantitative estimate of drug-likeness (QED) is 0.314. The van der Waals surface area contributed by atoms with Gasteiger partial charge < -0.3 is 19.2 Å². The molecular weight excluding hydrogens is 513 g/mol. The predicted molar refractivity (Wildman–Crippen MR) is 142 cm³/mol. The topological polar surface area (TPSA) is 90.7 Å². The van der Waals surface area contributed by atoms with Crippen LogP contribution in [0.1, 0.15) is 59.4 Å². The molecule has 0 fully saturated rings. The van der Waals surface area contributed by atoms with Crippen LogP contribution < -0.4 is 4.74 Å². The van der Waals surface area contributed by atoms with Crippen molar-refractivity contribution in [3.05, 3.63) is 46.7 Å². The van der Waals surface area contributed by atoms with Crippen molar-refractivity contribution in [3.63, 3.8) is 0 Å². The van der Waals surface area contributed by atoms with Gasteiger partial charge in [0.15, 0.2) is 5.65 Å². The lowest BCUT2D eigenvalue weighted by Gasteiger charge is -2.23. The molecule has 0 saturated heterocycles. The Labute approximate surface area is 225 Å². The number of nitrogens with one attached hydrogen (secondary N) is 1. The fourth-order valence-corrected chi connectivity index (χ4v) is 4.19. The molecule has 2 heterocycles. The van der Waals surface area contributed by atoms with Crippen molar-refractivity contribution in [2.75, 3.05) is 13.7 Å². The van der Waals surface area contributed by atoms with Crippen molar-refractivity contribution >= 4 is 17.3 Å². The van der Waals surface area contributed by atoms with Crippen molar-refractivity contribution in [2.45, 2.75) is 66.3 Å². The molecule has 0 saturated carbocycles. The molecule has 210 valence electrons. The first-order valence-corrected chi connectivity index (χ1v) is 12.5. The number of methoxy groups -OCH3 is 1. The number of fused-ring (bicyclic) bond motifs is 1. The molecule has 1 amide bonds. The Balaban J connectivity index is 1.95. The van der Waals surface area contributed by atoms with Gasteiger partial charge in [-0.1, -0.05) is 19.9 Å². The van der Waals surface area contributed by atoms with Crippen LogP contribution in [0.5, 0.6) is 5.75 Å². The van der Waals surface area contributed by atoms with E-state index in [1.807, 2.05) is 13.8 Å². The van der Waals surface area contributed by atoms with Gasteiger partial charge in [-0.3, -0.25) is 0 Å². The summed E-state index contributed by atoms with van der Waals surface area (Å²) in [5.41, 5.74) is -0.915. The van der Waals surface area contributed by atoms with Gasteiger partial charge in [0.2, 0.25) is 0 Å². The monoisotopic (exact) mass is 547 g/mol. The fourth-order valence-electron chi connectivity index (χ4n) is 4.19. The fraction of sp³-hybridized carbons (Fsp3) is 0.500. The van der Waals surface area contributed by atoms with Crippen molar-refractivity contribution < 1.29 is 32.2 Å². The zero-order chi connectivity index (χ0) is 29.0. The lowest BCUT2D eigenvalue weighted by Crippen LogP contribution is -2.26. The number of aromatic nitrogens is 3. The summed E-state index contributed by atoms with van der Waals surface area (Å²) in [5.74, 6) is 0.309. The van der Waals surface area contributed by atoms with Crippen LogP contribution in [-0.2, 0) is 22.3 Å². The molecule has 11 heteroatoms. The molecule has 1 aromatic carbocycles. The molecule has 0 aliphatic rings. The summed E-state index contributed by atoms with van der Waals surface area (Å²) in [6, 6.07) is 8.26. The summed E-state index contributed by atoms with van der Waals surface area (Å²) in [6.45, 7) is 10.8. The number of carbonyl (C=O) groups is 1. The number of alkyl halides is 3. The van der Waals surface area contributed by atoms with Gasteiger partial charge >= 0.3 is 18.3 Å². The first kappa shape index (κ1) is 29.9. The lowest BCUT2D eigenvalue weighted by atomic mass is 9.84. The molecule has 0 aliphatic heterocycles. The molecule has 1 N–H and O–H groups in total. The number of ether oxygens (including phenoxy) is 3. The standard InChI is InChI=1S/C28H34F3N4O4/c1-17(2)13-27(6,15-33-25(36)39-26(3,4)5)16-38-21-9-8-18(12-20(21)28(29,30)31)19-10-11-32-24-23(19)34-22(35-24)14-37-7/h8-12,17H,13-14,16H2,1-7H3,(H,32,34,35)/q+1/t27-/m1/s1. The second-order valence-electron chi connectivity index (χ2n) is 11.0. The Bertz CT molecular complexity index is 1380. The van der Waals surface area contributed by atoms with Crippen molar-refractivity contribution in [1.82, 2.24) is 15.0 Å². The maximum absolute atomic E-state index is 14.2. The number of amides is 1. The normalized spacial score (nSPS) is 13.6. The van der Waals surface area contributed by atoms with Crippen molar-refractivity contribution in [3.8, 4) is 22.9 Å². The molecule has 0 radical (unpaired) electrons. The van der Waals surface area contributed by atoms with Crippen LogP contribution in [-0.4, -0.2) is 40.4 Å². The SMILES string of the molecule is COCc1nc2nccc(-c3ccc(OC[C@@](C)(C#[N+]C(=O)OC(C)(C)C)CC(C)C)c(C(F)(F)F)c3)c2[nH]1. The number of hydrogen-bond donors (Lipinski definition) is 1. The molecule has 2 aromatic heterocycles. The minimum absolute atomic E-state index is 0.135. The van der Waals surface area contributed by atoms with E-state index in [0.29, 0.717) is 34.5 Å². The zero-order valence-corrected chi connectivity index (χ0v) is 23.2. The summed E-state index contributed by atoms with van der Waals surface area (Å²) in [6.07, 6.45) is -3.55. The first-order valence-electron chi connectivity index (χ1n) is 12.5. The number of carbonyl (C=O) groups excluding carboxylic acids is 1. The Morgan fingerprint density at radius 3 is 2.49 bits per heavy atom. The average Bonchev–Trinajstić information content (AvgIpc) is 3.22. The number of nitrogens with zero attached hydrogens (tertiary/aromatic N) is 3. The van der Waals surface area contributed by atoms with E-state index in [1.54, 1.807) is 39.8 Å². The molecule has 1 atom stereocenters. The van der Waals surface area contributed by atoms with E-state index in [-0.39, 0.29) is 24.9 Å². The van der Waals surface area contributed by atoms with Crippen LogP contribution >= 0.6 is 0 Å². The van der Waals surface area contributed by atoms with Gasteiger partial charge in [0.05, 0.1) is 15.9 Å². The molecule has 0 spiro atoms. The number of rotatable bonds is 8. The van der Waals surface area contributed by atoms with Gasteiger partial charge in [0, 0.05) is 18.9 Å². The molecule has 3 rings (SSSR count). The van der Waals surface area contributed by atoms with Crippen LogP contribution in [0.25, 0.3) is 27.1 Å². The number of aromatic amines is 1. The number of H-pyrrole nitrogens is 1. The second kappa shape index (κ2) is 11.6. The molecule has 39 heavy (non-hydrogen) atoms. The number of halogens is 3. The van der Waals surface area contributed by atoms with Crippen LogP contribution in [0.2, 0.25) is 0 Å². The van der Waals surface area contributed by atoms with E-state index in [1.165, 1.54) is 19.4 Å². The third-order valence-electron chi connectivity index (χ3n) is 5.53.